The molecule has 0 aliphatic rings. The van der Waals surface area contributed by atoms with E-state index < -0.39 is 0 Å². The molecule has 0 aliphatic heterocycles. The number of benzene rings is 1. The monoisotopic (exact) mass is 283 g/mol. The Balaban J connectivity index is 2.72. The van der Waals surface area contributed by atoms with E-state index in [0.717, 1.165) is 6.42 Å². The van der Waals surface area contributed by atoms with E-state index in [1.165, 1.54) is 23.4 Å². The van der Waals surface area contributed by atoms with Crippen LogP contribution in [0.4, 0.5) is 0 Å². The van der Waals surface area contributed by atoms with E-state index in [-0.39, 0.29) is 16.6 Å². The van der Waals surface area contributed by atoms with Crippen molar-refractivity contribution in [2.75, 3.05) is 20.3 Å². The zero-order chi connectivity index (χ0) is 14.3. The first-order valence-electron chi connectivity index (χ1n) is 5.66. The summed E-state index contributed by atoms with van der Waals surface area (Å²) in [6.07, 6.45) is 2.16. The Kier molecular flexibility index (Phi) is 6.04. The Labute approximate surface area is 117 Å². The van der Waals surface area contributed by atoms with Gasteiger partial charge < -0.3 is 20.7 Å². The van der Waals surface area contributed by atoms with Crippen LogP contribution in [0.25, 0.3) is 0 Å². The SMILES string of the molecule is COCCCN(/N=C/c1ccc(O)cc1O)C(N)=S. The molecule has 1 rings (SSSR count). The molecule has 6 nitrogen and oxygen atoms in total. The summed E-state index contributed by atoms with van der Waals surface area (Å²) in [5, 5.41) is 24.5. The summed E-state index contributed by atoms with van der Waals surface area (Å²) in [6, 6.07) is 4.23. The molecule has 0 heterocycles. The standard InChI is InChI=1S/C12H17N3O3S/c1-18-6-2-5-15(12(13)19)14-8-9-3-4-10(16)7-11(9)17/h3-4,7-8,16-17H,2,5-6H2,1H3,(H2,13,19)/b14-8+. The van der Waals surface area contributed by atoms with Crippen molar-refractivity contribution in [1.82, 2.24) is 5.01 Å². The molecular weight excluding hydrogens is 266 g/mol. The topological polar surface area (TPSA) is 91.3 Å². The van der Waals surface area contributed by atoms with Crippen LogP contribution in [0.3, 0.4) is 0 Å². The van der Waals surface area contributed by atoms with Crippen LogP contribution < -0.4 is 5.73 Å². The summed E-state index contributed by atoms with van der Waals surface area (Å²) in [6.45, 7) is 1.11. The molecule has 7 heteroatoms. The van der Waals surface area contributed by atoms with E-state index >= 15 is 0 Å². The van der Waals surface area contributed by atoms with E-state index in [0.29, 0.717) is 18.7 Å². The van der Waals surface area contributed by atoms with Gasteiger partial charge in [-0.1, -0.05) is 0 Å². The Bertz CT molecular complexity index is 466. The number of aromatic hydroxyl groups is 2. The Morgan fingerprint density at radius 2 is 2.26 bits per heavy atom. The zero-order valence-corrected chi connectivity index (χ0v) is 11.4. The molecule has 104 valence electrons. The van der Waals surface area contributed by atoms with E-state index in [1.54, 1.807) is 13.2 Å². The van der Waals surface area contributed by atoms with Gasteiger partial charge in [-0.25, -0.2) is 5.01 Å². The third-order valence-corrected chi connectivity index (χ3v) is 2.53. The van der Waals surface area contributed by atoms with Crippen LogP contribution in [0.5, 0.6) is 11.5 Å². The van der Waals surface area contributed by atoms with Crippen molar-refractivity contribution < 1.29 is 14.9 Å². The van der Waals surface area contributed by atoms with Gasteiger partial charge in [-0.05, 0) is 30.8 Å². The molecule has 0 atom stereocenters. The number of rotatable bonds is 6. The van der Waals surface area contributed by atoms with Gasteiger partial charge in [0.25, 0.3) is 0 Å². The van der Waals surface area contributed by atoms with E-state index in [2.05, 4.69) is 5.10 Å². The molecular formula is C12H17N3O3S. The highest BCUT2D eigenvalue weighted by molar-refractivity contribution is 7.80. The molecule has 4 N–H and O–H groups in total. The predicted octanol–water partition coefficient (Wildman–Crippen LogP) is 1.01. The van der Waals surface area contributed by atoms with Crippen LogP contribution in [0.1, 0.15) is 12.0 Å². The number of hydrogen-bond acceptors (Lipinski definition) is 5. The first-order valence-corrected chi connectivity index (χ1v) is 6.07. The lowest BCUT2D eigenvalue weighted by atomic mass is 10.2. The third kappa shape index (κ3) is 5.11. The lowest BCUT2D eigenvalue weighted by Crippen LogP contribution is -2.32. The van der Waals surface area contributed by atoms with Gasteiger partial charge in [-0.3, -0.25) is 0 Å². The van der Waals surface area contributed by atoms with Gasteiger partial charge in [-0.15, -0.1) is 0 Å². The van der Waals surface area contributed by atoms with Gasteiger partial charge in [0.05, 0.1) is 6.21 Å². The van der Waals surface area contributed by atoms with Gasteiger partial charge >= 0.3 is 0 Å². The van der Waals surface area contributed by atoms with Crippen LogP contribution in [-0.4, -0.2) is 46.8 Å². The summed E-state index contributed by atoms with van der Waals surface area (Å²) in [7, 11) is 1.61. The predicted molar refractivity (Wildman–Crippen MR) is 77.4 cm³/mol. The lowest BCUT2D eigenvalue weighted by Gasteiger charge is -2.16. The number of hydrogen-bond donors (Lipinski definition) is 3. The first kappa shape index (κ1) is 15.2. The fourth-order valence-corrected chi connectivity index (χ4v) is 1.50. The number of nitrogens with zero attached hydrogens (tertiary/aromatic N) is 2. The molecule has 0 bridgehead atoms. The molecule has 0 spiro atoms. The number of phenolic OH excluding ortho intramolecular Hbond substituents is 2. The molecule has 0 fully saturated rings. The molecule has 0 amide bonds. The van der Waals surface area contributed by atoms with Crippen LogP contribution >= 0.6 is 12.2 Å². The number of thiocarbonyl (C=S) groups is 1. The number of ether oxygens (including phenoxy) is 1. The van der Waals surface area contributed by atoms with Crippen LogP contribution in [0, 0.1) is 0 Å². The quantitative estimate of drug-likeness (QED) is 0.312. The van der Waals surface area contributed by atoms with Crippen molar-refractivity contribution in [2.45, 2.75) is 6.42 Å². The minimum atomic E-state index is -0.0662. The van der Waals surface area contributed by atoms with Gasteiger partial charge in [0.2, 0.25) is 0 Å². The largest absolute Gasteiger partial charge is 0.508 e. The number of phenols is 2. The minimum Gasteiger partial charge on any atom is -0.508 e. The number of methoxy groups -OCH3 is 1. The molecule has 0 unspecified atom stereocenters. The van der Waals surface area contributed by atoms with E-state index in [9.17, 15) is 10.2 Å². The second-order valence-electron chi connectivity index (χ2n) is 3.80. The average molecular weight is 283 g/mol. The highest BCUT2D eigenvalue weighted by Gasteiger charge is 2.04. The summed E-state index contributed by atoms with van der Waals surface area (Å²) in [5.74, 6) is -0.0792. The van der Waals surface area contributed by atoms with Crippen molar-refractivity contribution in [3.63, 3.8) is 0 Å². The fraction of sp³-hybridized carbons (Fsp3) is 0.333. The molecule has 0 radical (unpaired) electrons. The van der Waals surface area contributed by atoms with Crippen molar-refractivity contribution in [3.05, 3.63) is 23.8 Å². The van der Waals surface area contributed by atoms with Gasteiger partial charge in [0, 0.05) is 31.9 Å². The van der Waals surface area contributed by atoms with Crippen molar-refractivity contribution in [2.24, 2.45) is 10.8 Å². The summed E-state index contributed by atoms with van der Waals surface area (Å²) in [4.78, 5) is 0. The van der Waals surface area contributed by atoms with Gasteiger partial charge in [0.1, 0.15) is 11.5 Å². The maximum absolute atomic E-state index is 9.60. The van der Waals surface area contributed by atoms with Crippen molar-refractivity contribution in [3.8, 4) is 11.5 Å². The maximum atomic E-state index is 9.60. The summed E-state index contributed by atoms with van der Waals surface area (Å²) >= 11 is 4.88. The highest BCUT2D eigenvalue weighted by Crippen LogP contribution is 2.20. The minimum absolute atomic E-state index is 0.0130. The van der Waals surface area contributed by atoms with Crippen LogP contribution in [0.15, 0.2) is 23.3 Å². The second kappa shape index (κ2) is 7.55. The van der Waals surface area contributed by atoms with Crippen LogP contribution in [-0.2, 0) is 4.74 Å². The molecule has 1 aromatic rings. The Morgan fingerprint density at radius 3 is 2.84 bits per heavy atom. The Hall–Kier alpha value is -1.86. The van der Waals surface area contributed by atoms with Crippen LogP contribution in [0.2, 0.25) is 0 Å². The van der Waals surface area contributed by atoms with Gasteiger partial charge in [0.15, 0.2) is 5.11 Å². The first-order chi connectivity index (χ1) is 9.04. The summed E-state index contributed by atoms with van der Waals surface area (Å²) in [5.41, 5.74) is 6.01. The average Bonchev–Trinajstić information content (AvgIpc) is 2.35. The zero-order valence-electron chi connectivity index (χ0n) is 10.6. The molecule has 0 aliphatic carbocycles. The fourth-order valence-electron chi connectivity index (χ4n) is 1.36. The molecule has 0 aromatic heterocycles. The van der Waals surface area contributed by atoms with E-state index in [4.69, 9.17) is 22.7 Å². The third-order valence-electron chi connectivity index (χ3n) is 2.32. The molecule has 1 aromatic carbocycles. The normalized spacial score (nSPS) is 10.8. The van der Waals surface area contributed by atoms with Crippen molar-refractivity contribution in [1.29, 1.82) is 0 Å². The molecule has 0 saturated heterocycles. The van der Waals surface area contributed by atoms with E-state index in [1.807, 2.05) is 0 Å². The Morgan fingerprint density at radius 1 is 1.53 bits per heavy atom. The second-order valence-corrected chi connectivity index (χ2v) is 4.21. The number of hydrazone groups is 1. The molecule has 19 heavy (non-hydrogen) atoms. The number of nitrogens with two attached hydrogens (primary N) is 1. The highest BCUT2D eigenvalue weighted by atomic mass is 32.1. The molecule has 0 saturated carbocycles. The van der Waals surface area contributed by atoms with Gasteiger partial charge in [-0.2, -0.15) is 5.10 Å². The lowest BCUT2D eigenvalue weighted by molar-refractivity contribution is 0.187. The summed E-state index contributed by atoms with van der Waals surface area (Å²) < 4.78 is 4.94. The smallest absolute Gasteiger partial charge is 0.186 e. The maximum Gasteiger partial charge on any atom is 0.186 e. The van der Waals surface area contributed by atoms with Crippen molar-refractivity contribution >= 4 is 23.5 Å².